The van der Waals surface area contributed by atoms with Crippen LogP contribution in [0.2, 0.25) is 0 Å². The second-order valence-corrected chi connectivity index (χ2v) is 9.48. The standard InChI is InChI=1S/C30H26N4O7/c35-26(41-17-18-8-2-1-3-9-18)15-24(29(38)39)32-27(36)25(14-19-16-31-22-12-6-4-10-20(19)22)34-28(37)21-11-5-7-13-23(21)33-30(34)40/h1-13,16,24-25,31H,14-15,17H2,(H,32,36)(H,33,40)(H,38,39). The number of nitrogens with one attached hydrogen (secondary N) is 3. The van der Waals surface area contributed by atoms with Gasteiger partial charge >= 0.3 is 17.6 Å². The molecule has 11 nitrogen and oxygen atoms in total. The summed E-state index contributed by atoms with van der Waals surface area (Å²) in [5.74, 6) is -3.22. The number of aromatic amines is 2. The summed E-state index contributed by atoms with van der Waals surface area (Å²) in [7, 11) is 0. The summed E-state index contributed by atoms with van der Waals surface area (Å²) in [6.45, 7) is -0.0645. The van der Waals surface area contributed by atoms with Crippen molar-refractivity contribution >= 4 is 39.7 Å². The molecule has 0 spiro atoms. The lowest BCUT2D eigenvalue weighted by Gasteiger charge is -2.21. The summed E-state index contributed by atoms with van der Waals surface area (Å²) in [6, 6.07) is 19.4. The first-order chi connectivity index (χ1) is 19.8. The summed E-state index contributed by atoms with van der Waals surface area (Å²) < 4.78 is 5.97. The Morgan fingerprint density at radius 2 is 1.54 bits per heavy atom. The Labute approximate surface area is 232 Å². The van der Waals surface area contributed by atoms with Crippen LogP contribution < -0.4 is 16.6 Å². The van der Waals surface area contributed by atoms with Crippen LogP contribution in [0, 0.1) is 0 Å². The number of fused-ring (bicyclic) bond motifs is 2. The molecular weight excluding hydrogens is 528 g/mol. The predicted octanol–water partition coefficient (Wildman–Crippen LogP) is 2.66. The monoisotopic (exact) mass is 554 g/mol. The molecule has 4 N–H and O–H groups in total. The van der Waals surface area contributed by atoms with Crippen molar-refractivity contribution < 1.29 is 24.2 Å². The van der Waals surface area contributed by atoms with Gasteiger partial charge in [-0.15, -0.1) is 0 Å². The minimum Gasteiger partial charge on any atom is -0.480 e. The molecule has 2 unspecified atom stereocenters. The summed E-state index contributed by atoms with van der Waals surface area (Å²) in [5, 5.41) is 13.1. The van der Waals surface area contributed by atoms with Crippen LogP contribution in [0.25, 0.3) is 21.8 Å². The molecule has 2 aromatic heterocycles. The maximum atomic E-state index is 13.7. The van der Waals surface area contributed by atoms with Crippen molar-refractivity contribution in [1.29, 1.82) is 0 Å². The van der Waals surface area contributed by atoms with Gasteiger partial charge in [0.05, 0.1) is 17.3 Å². The van der Waals surface area contributed by atoms with Gasteiger partial charge in [0.25, 0.3) is 5.56 Å². The fourth-order valence-corrected chi connectivity index (χ4v) is 4.70. The van der Waals surface area contributed by atoms with E-state index in [-0.39, 0.29) is 18.4 Å². The lowest BCUT2D eigenvalue weighted by atomic mass is 10.0. The topological polar surface area (TPSA) is 163 Å². The summed E-state index contributed by atoms with van der Waals surface area (Å²) >= 11 is 0. The smallest absolute Gasteiger partial charge is 0.329 e. The number of para-hydroxylation sites is 2. The van der Waals surface area contributed by atoms with Crippen molar-refractivity contribution in [2.24, 2.45) is 0 Å². The fraction of sp³-hybridized carbons (Fsp3) is 0.167. The number of hydrogen-bond donors (Lipinski definition) is 4. The Kier molecular flexibility index (Phi) is 7.77. The van der Waals surface area contributed by atoms with Gasteiger partial charge in [-0.25, -0.2) is 14.2 Å². The Morgan fingerprint density at radius 1 is 0.878 bits per heavy atom. The van der Waals surface area contributed by atoms with Crippen molar-refractivity contribution in [3.63, 3.8) is 0 Å². The molecule has 5 aromatic rings. The highest BCUT2D eigenvalue weighted by Crippen LogP contribution is 2.23. The lowest BCUT2D eigenvalue weighted by Crippen LogP contribution is -2.50. The number of carbonyl (C=O) groups excluding carboxylic acids is 2. The molecule has 41 heavy (non-hydrogen) atoms. The Hall–Kier alpha value is -5.45. The first-order valence-corrected chi connectivity index (χ1v) is 12.8. The second kappa shape index (κ2) is 11.7. The SMILES string of the molecule is O=C(CC(NC(=O)C(Cc1c[nH]c2ccccc12)n1c(=O)[nH]c2ccccc2c1=O)C(=O)O)OCc1ccccc1. The maximum absolute atomic E-state index is 13.7. The van der Waals surface area contributed by atoms with Gasteiger partial charge in [-0.05, 0) is 29.3 Å². The molecule has 1 amide bonds. The van der Waals surface area contributed by atoms with Crippen LogP contribution in [0.1, 0.15) is 23.6 Å². The van der Waals surface area contributed by atoms with Gasteiger partial charge in [0.15, 0.2) is 0 Å². The van der Waals surface area contributed by atoms with E-state index < -0.39 is 47.6 Å². The average Bonchev–Trinajstić information content (AvgIpc) is 3.38. The van der Waals surface area contributed by atoms with E-state index >= 15 is 0 Å². The van der Waals surface area contributed by atoms with E-state index in [2.05, 4.69) is 15.3 Å². The number of esters is 1. The van der Waals surface area contributed by atoms with E-state index in [0.717, 1.165) is 15.5 Å². The molecule has 2 heterocycles. The number of aliphatic carboxylic acids is 1. The van der Waals surface area contributed by atoms with E-state index in [1.54, 1.807) is 54.7 Å². The molecule has 2 atom stereocenters. The highest BCUT2D eigenvalue weighted by Gasteiger charge is 2.31. The zero-order chi connectivity index (χ0) is 28.9. The van der Waals surface area contributed by atoms with E-state index in [1.165, 1.54) is 6.07 Å². The van der Waals surface area contributed by atoms with E-state index in [0.29, 0.717) is 16.6 Å². The van der Waals surface area contributed by atoms with Crippen LogP contribution in [0.5, 0.6) is 0 Å². The number of ether oxygens (including phenoxy) is 1. The number of carboxylic acid groups (broad SMARTS) is 1. The average molecular weight is 555 g/mol. The molecule has 0 aliphatic rings. The molecular formula is C30H26N4O7. The molecule has 3 aromatic carbocycles. The Morgan fingerprint density at radius 3 is 2.27 bits per heavy atom. The van der Waals surface area contributed by atoms with Gasteiger partial charge < -0.3 is 25.1 Å². The van der Waals surface area contributed by atoms with Crippen molar-refractivity contribution in [2.75, 3.05) is 0 Å². The second-order valence-electron chi connectivity index (χ2n) is 9.48. The molecule has 0 saturated carbocycles. The predicted molar refractivity (Wildman–Crippen MR) is 150 cm³/mol. The largest absolute Gasteiger partial charge is 0.480 e. The van der Waals surface area contributed by atoms with Crippen LogP contribution in [0.15, 0.2) is 94.6 Å². The lowest BCUT2D eigenvalue weighted by molar-refractivity contribution is -0.151. The molecule has 0 radical (unpaired) electrons. The van der Waals surface area contributed by atoms with Crippen LogP contribution in [-0.4, -0.2) is 43.5 Å². The molecule has 0 fully saturated rings. The Balaban J connectivity index is 1.45. The number of aromatic nitrogens is 3. The van der Waals surface area contributed by atoms with E-state index in [4.69, 9.17) is 4.74 Å². The van der Waals surface area contributed by atoms with Crippen LogP contribution in [-0.2, 0) is 32.1 Å². The van der Waals surface area contributed by atoms with Gasteiger partial charge in [-0.2, -0.15) is 0 Å². The number of benzene rings is 3. The van der Waals surface area contributed by atoms with Gasteiger partial charge in [0.2, 0.25) is 5.91 Å². The number of carbonyl (C=O) groups is 3. The molecule has 11 heteroatoms. The van der Waals surface area contributed by atoms with Gasteiger partial charge in [0, 0.05) is 23.5 Å². The highest BCUT2D eigenvalue weighted by molar-refractivity contribution is 5.90. The van der Waals surface area contributed by atoms with Gasteiger partial charge in [-0.3, -0.25) is 14.4 Å². The molecule has 0 aliphatic carbocycles. The van der Waals surface area contributed by atoms with Crippen molar-refractivity contribution in [1.82, 2.24) is 19.9 Å². The van der Waals surface area contributed by atoms with E-state index in [9.17, 15) is 29.1 Å². The first-order valence-electron chi connectivity index (χ1n) is 12.8. The number of hydrogen-bond acceptors (Lipinski definition) is 6. The first kappa shape index (κ1) is 27.1. The third kappa shape index (κ3) is 5.93. The van der Waals surface area contributed by atoms with Crippen LogP contribution in [0.3, 0.4) is 0 Å². The number of rotatable bonds is 10. The molecule has 208 valence electrons. The maximum Gasteiger partial charge on any atom is 0.329 e. The van der Waals surface area contributed by atoms with Crippen LogP contribution in [0.4, 0.5) is 0 Å². The molecule has 0 saturated heterocycles. The highest BCUT2D eigenvalue weighted by atomic mass is 16.5. The van der Waals surface area contributed by atoms with E-state index in [1.807, 2.05) is 24.3 Å². The van der Waals surface area contributed by atoms with Crippen molar-refractivity contribution in [3.05, 3.63) is 117 Å². The number of H-pyrrole nitrogens is 2. The minimum absolute atomic E-state index is 0.0645. The number of nitrogens with zero attached hydrogens (tertiary/aromatic N) is 1. The summed E-state index contributed by atoms with van der Waals surface area (Å²) in [4.78, 5) is 70.5. The zero-order valence-electron chi connectivity index (χ0n) is 21.7. The third-order valence-corrected chi connectivity index (χ3v) is 6.77. The van der Waals surface area contributed by atoms with Gasteiger partial charge in [0.1, 0.15) is 18.7 Å². The molecule has 5 rings (SSSR count). The fourth-order valence-electron chi connectivity index (χ4n) is 4.70. The Bertz CT molecular complexity index is 1860. The quantitative estimate of drug-likeness (QED) is 0.193. The minimum atomic E-state index is -1.66. The third-order valence-electron chi connectivity index (χ3n) is 6.77. The van der Waals surface area contributed by atoms with Crippen molar-refractivity contribution in [2.45, 2.75) is 31.5 Å². The number of carboxylic acids is 1. The van der Waals surface area contributed by atoms with Crippen molar-refractivity contribution in [3.8, 4) is 0 Å². The normalized spacial score (nSPS) is 12.6. The summed E-state index contributed by atoms with van der Waals surface area (Å²) in [6.07, 6.45) is 0.902. The number of amides is 1. The molecule has 0 aliphatic heterocycles. The van der Waals surface area contributed by atoms with Crippen LogP contribution >= 0.6 is 0 Å². The summed E-state index contributed by atoms with van der Waals surface area (Å²) in [5.41, 5.74) is 0.890. The zero-order valence-corrected chi connectivity index (χ0v) is 21.7. The van der Waals surface area contributed by atoms with Gasteiger partial charge in [-0.1, -0.05) is 60.7 Å². The molecule has 0 bridgehead atoms.